The fourth-order valence-corrected chi connectivity index (χ4v) is 2.83. The summed E-state index contributed by atoms with van der Waals surface area (Å²) in [6.45, 7) is 3.47. The fraction of sp³-hybridized carbons (Fsp3) is 1.00. The molecule has 2 fully saturated rings. The standard InChI is InChI=1S/C14H28N2O/c1-11(16(2)13-6-7-13)10-15-12-4-8-14(17-3)9-5-12/h11-15H,4-10H2,1-3H3. The molecule has 0 aliphatic heterocycles. The van der Waals surface area contributed by atoms with Gasteiger partial charge in [0, 0.05) is 31.8 Å². The molecule has 0 saturated heterocycles. The molecule has 2 saturated carbocycles. The van der Waals surface area contributed by atoms with Crippen molar-refractivity contribution in [2.45, 2.75) is 69.7 Å². The summed E-state index contributed by atoms with van der Waals surface area (Å²) in [5.74, 6) is 0. The van der Waals surface area contributed by atoms with Crippen LogP contribution in [0.1, 0.15) is 45.4 Å². The van der Waals surface area contributed by atoms with Crippen LogP contribution in [0.15, 0.2) is 0 Å². The Morgan fingerprint density at radius 2 is 1.82 bits per heavy atom. The Kier molecular flexibility index (Phi) is 4.83. The largest absolute Gasteiger partial charge is 0.381 e. The van der Waals surface area contributed by atoms with E-state index in [2.05, 4.69) is 24.2 Å². The van der Waals surface area contributed by atoms with Crippen molar-refractivity contribution in [1.29, 1.82) is 0 Å². The van der Waals surface area contributed by atoms with Crippen LogP contribution >= 0.6 is 0 Å². The molecule has 1 unspecified atom stereocenters. The number of methoxy groups -OCH3 is 1. The molecule has 0 aromatic rings. The van der Waals surface area contributed by atoms with E-state index in [0.717, 1.165) is 18.6 Å². The molecule has 3 heteroatoms. The van der Waals surface area contributed by atoms with Crippen LogP contribution in [0.3, 0.4) is 0 Å². The van der Waals surface area contributed by atoms with E-state index in [1.165, 1.54) is 38.5 Å². The van der Waals surface area contributed by atoms with Gasteiger partial charge in [0.15, 0.2) is 0 Å². The Bertz CT molecular complexity index is 222. The minimum Gasteiger partial charge on any atom is -0.381 e. The summed E-state index contributed by atoms with van der Waals surface area (Å²) >= 11 is 0. The van der Waals surface area contributed by atoms with Crippen LogP contribution in [0.4, 0.5) is 0 Å². The highest BCUT2D eigenvalue weighted by Gasteiger charge is 2.29. The second-order valence-electron chi connectivity index (χ2n) is 5.86. The van der Waals surface area contributed by atoms with Crippen LogP contribution < -0.4 is 5.32 Å². The van der Waals surface area contributed by atoms with Crippen LogP contribution in [0.2, 0.25) is 0 Å². The van der Waals surface area contributed by atoms with Gasteiger partial charge in [-0.3, -0.25) is 4.90 Å². The lowest BCUT2D eigenvalue weighted by atomic mass is 9.93. The molecule has 17 heavy (non-hydrogen) atoms. The third kappa shape index (κ3) is 3.94. The predicted octanol–water partition coefficient (Wildman–Crippen LogP) is 2.02. The molecular formula is C14H28N2O. The summed E-state index contributed by atoms with van der Waals surface area (Å²) in [6.07, 6.45) is 8.32. The monoisotopic (exact) mass is 240 g/mol. The van der Waals surface area contributed by atoms with Gasteiger partial charge in [0.05, 0.1) is 6.10 Å². The number of nitrogens with zero attached hydrogens (tertiary/aromatic N) is 1. The van der Waals surface area contributed by atoms with Crippen LogP contribution in [0, 0.1) is 0 Å². The Morgan fingerprint density at radius 1 is 1.18 bits per heavy atom. The first-order valence-electron chi connectivity index (χ1n) is 7.18. The molecule has 1 atom stereocenters. The van der Waals surface area contributed by atoms with Gasteiger partial charge in [-0.25, -0.2) is 0 Å². The zero-order chi connectivity index (χ0) is 12.3. The smallest absolute Gasteiger partial charge is 0.0572 e. The number of ether oxygens (including phenoxy) is 1. The van der Waals surface area contributed by atoms with Crippen molar-refractivity contribution < 1.29 is 4.74 Å². The van der Waals surface area contributed by atoms with Crippen LogP contribution in [-0.2, 0) is 4.74 Å². The second kappa shape index (κ2) is 6.17. The maximum absolute atomic E-state index is 5.41. The molecule has 0 amide bonds. The Hall–Kier alpha value is -0.120. The van der Waals surface area contributed by atoms with Gasteiger partial charge in [-0.05, 0) is 52.5 Å². The van der Waals surface area contributed by atoms with Gasteiger partial charge in [-0.15, -0.1) is 0 Å². The van der Waals surface area contributed by atoms with Crippen molar-refractivity contribution in [2.75, 3.05) is 20.7 Å². The van der Waals surface area contributed by atoms with Crippen molar-refractivity contribution in [2.24, 2.45) is 0 Å². The fourth-order valence-electron chi connectivity index (χ4n) is 2.83. The van der Waals surface area contributed by atoms with E-state index in [9.17, 15) is 0 Å². The SMILES string of the molecule is COC1CCC(NCC(C)N(C)C2CC2)CC1. The summed E-state index contributed by atoms with van der Waals surface area (Å²) in [5.41, 5.74) is 0. The lowest BCUT2D eigenvalue weighted by Crippen LogP contribution is -2.44. The van der Waals surface area contributed by atoms with Gasteiger partial charge in [0.2, 0.25) is 0 Å². The lowest BCUT2D eigenvalue weighted by molar-refractivity contribution is 0.0616. The number of rotatable bonds is 6. The van der Waals surface area contributed by atoms with Crippen molar-refractivity contribution in [3.8, 4) is 0 Å². The quantitative estimate of drug-likeness (QED) is 0.769. The Labute approximate surface area is 106 Å². The van der Waals surface area contributed by atoms with Gasteiger partial charge >= 0.3 is 0 Å². The molecule has 0 heterocycles. The maximum Gasteiger partial charge on any atom is 0.0572 e. The molecule has 100 valence electrons. The number of nitrogens with one attached hydrogen (secondary N) is 1. The topological polar surface area (TPSA) is 24.5 Å². The maximum atomic E-state index is 5.41. The molecule has 2 aliphatic rings. The van der Waals surface area contributed by atoms with E-state index in [1.807, 2.05) is 7.11 Å². The first-order valence-corrected chi connectivity index (χ1v) is 7.18. The van der Waals surface area contributed by atoms with E-state index in [0.29, 0.717) is 12.1 Å². The van der Waals surface area contributed by atoms with Crippen LogP contribution in [0.5, 0.6) is 0 Å². The Morgan fingerprint density at radius 3 is 2.35 bits per heavy atom. The average Bonchev–Trinajstić information content (AvgIpc) is 3.20. The van der Waals surface area contributed by atoms with Crippen molar-refractivity contribution in [1.82, 2.24) is 10.2 Å². The Balaban J connectivity index is 1.61. The third-order valence-electron chi connectivity index (χ3n) is 4.53. The van der Waals surface area contributed by atoms with E-state index >= 15 is 0 Å². The summed E-state index contributed by atoms with van der Waals surface area (Å²) in [5, 5.41) is 3.73. The molecule has 0 bridgehead atoms. The molecule has 3 nitrogen and oxygen atoms in total. The van der Waals surface area contributed by atoms with Crippen molar-refractivity contribution >= 4 is 0 Å². The number of hydrogen-bond acceptors (Lipinski definition) is 3. The zero-order valence-electron chi connectivity index (χ0n) is 11.6. The molecule has 0 aromatic carbocycles. The van der Waals surface area contributed by atoms with Crippen molar-refractivity contribution in [3.63, 3.8) is 0 Å². The van der Waals surface area contributed by atoms with E-state index in [1.54, 1.807) is 0 Å². The molecule has 0 spiro atoms. The molecule has 1 N–H and O–H groups in total. The first-order chi connectivity index (χ1) is 8.20. The molecule has 2 aliphatic carbocycles. The highest BCUT2D eigenvalue weighted by atomic mass is 16.5. The van der Waals surface area contributed by atoms with E-state index < -0.39 is 0 Å². The summed E-state index contributed by atoms with van der Waals surface area (Å²) in [6, 6.07) is 2.26. The van der Waals surface area contributed by atoms with Crippen LogP contribution in [0.25, 0.3) is 0 Å². The molecular weight excluding hydrogens is 212 g/mol. The molecule has 0 aromatic heterocycles. The predicted molar refractivity (Wildman–Crippen MR) is 71.3 cm³/mol. The van der Waals surface area contributed by atoms with Gasteiger partial charge in [0.1, 0.15) is 0 Å². The lowest BCUT2D eigenvalue weighted by Gasteiger charge is -2.31. The van der Waals surface area contributed by atoms with Gasteiger partial charge < -0.3 is 10.1 Å². The van der Waals surface area contributed by atoms with Crippen molar-refractivity contribution in [3.05, 3.63) is 0 Å². The van der Waals surface area contributed by atoms with E-state index in [4.69, 9.17) is 4.74 Å². The highest BCUT2D eigenvalue weighted by Crippen LogP contribution is 2.27. The average molecular weight is 240 g/mol. The molecule has 0 radical (unpaired) electrons. The molecule has 2 rings (SSSR count). The first kappa shape index (κ1) is 13.3. The summed E-state index contributed by atoms with van der Waals surface area (Å²) in [4.78, 5) is 2.54. The van der Waals surface area contributed by atoms with Crippen LogP contribution in [-0.4, -0.2) is 49.8 Å². The number of hydrogen-bond donors (Lipinski definition) is 1. The zero-order valence-corrected chi connectivity index (χ0v) is 11.6. The summed E-state index contributed by atoms with van der Waals surface area (Å²) < 4.78 is 5.41. The summed E-state index contributed by atoms with van der Waals surface area (Å²) in [7, 11) is 4.11. The normalized spacial score (nSPS) is 31.8. The highest BCUT2D eigenvalue weighted by molar-refractivity contribution is 4.86. The van der Waals surface area contributed by atoms with Gasteiger partial charge in [-0.2, -0.15) is 0 Å². The van der Waals surface area contributed by atoms with Gasteiger partial charge in [-0.1, -0.05) is 0 Å². The third-order valence-corrected chi connectivity index (χ3v) is 4.53. The second-order valence-corrected chi connectivity index (χ2v) is 5.86. The minimum atomic E-state index is 0.514. The minimum absolute atomic E-state index is 0.514. The van der Waals surface area contributed by atoms with Gasteiger partial charge in [0.25, 0.3) is 0 Å². The number of likely N-dealkylation sites (N-methyl/N-ethyl adjacent to an activating group) is 1. The van der Waals surface area contributed by atoms with E-state index in [-0.39, 0.29) is 0 Å².